The molecule has 7 heteroatoms. The van der Waals surface area contributed by atoms with E-state index in [0.29, 0.717) is 16.1 Å². The summed E-state index contributed by atoms with van der Waals surface area (Å²) < 4.78 is 12.1. The van der Waals surface area contributed by atoms with Gasteiger partial charge in [-0.3, -0.25) is 13.8 Å². The molecule has 0 aromatic heterocycles. The van der Waals surface area contributed by atoms with Gasteiger partial charge in [-0.05, 0) is 52.3 Å². The van der Waals surface area contributed by atoms with Crippen molar-refractivity contribution < 1.29 is 13.8 Å². The van der Waals surface area contributed by atoms with Gasteiger partial charge in [0.05, 0.1) is 12.2 Å². The van der Waals surface area contributed by atoms with Crippen molar-refractivity contribution in [2.24, 2.45) is 0 Å². The number of likely N-dealkylation sites (N-methyl/N-ethyl adjacent to an activating group) is 1. The number of halogens is 1. The molecule has 1 atom stereocenters. The van der Waals surface area contributed by atoms with Crippen molar-refractivity contribution in [2.75, 3.05) is 25.2 Å². The highest BCUT2D eigenvalue weighted by Crippen LogP contribution is 2.21. The number of para-hydroxylation sites is 1. The lowest BCUT2D eigenvalue weighted by molar-refractivity contribution is -0.116. The molecule has 0 spiro atoms. The Morgan fingerprint density at radius 3 is 2.33 bits per heavy atom. The highest BCUT2D eigenvalue weighted by atomic mass is 79.9. The van der Waals surface area contributed by atoms with Crippen molar-refractivity contribution in [1.82, 2.24) is 4.90 Å². The van der Waals surface area contributed by atoms with E-state index in [-0.39, 0.29) is 18.4 Å². The molecule has 2 rings (SSSR count). The van der Waals surface area contributed by atoms with Crippen LogP contribution in [-0.4, -0.2) is 40.8 Å². The van der Waals surface area contributed by atoms with E-state index in [1.807, 2.05) is 18.2 Å². The maximum atomic E-state index is 12.3. The number of benzene rings is 2. The van der Waals surface area contributed by atoms with Crippen LogP contribution in [-0.2, 0) is 15.6 Å². The number of carbonyl (C=O) groups is 2. The van der Waals surface area contributed by atoms with Crippen molar-refractivity contribution in [2.45, 2.75) is 4.90 Å². The Labute approximate surface area is 151 Å². The Balaban J connectivity index is 1.99. The molecule has 1 unspecified atom stereocenters. The average Bonchev–Trinajstić information content (AvgIpc) is 2.56. The largest absolute Gasteiger partial charge is 0.332 e. The maximum absolute atomic E-state index is 12.3. The summed E-state index contributed by atoms with van der Waals surface area (Å²) in [7, 11) is 0.475. The molecule has 0 saturated heterocycles. The lowest BCUT2D eigenvalue weighted by Gasteiger charge is -2.17. The van der Waals surface area contributed by atoms with Gasteiger partial charge in [-0.15, -0.1) is 0 Å². The first-order valence-electron chi connectivity index (χ1n) is 7.12. The van der Waals surface area contributed by atoms with Crippen LogP contribution in [0, 0.1) is 0 Å². The van der Waals surface area contributed by atoms with Gasteiger partial charge in [-0.25, -0.2) is 0 Å². The van der Waals surface area contributed by atoms with E-state index < -0.39 is 10.8 Å². The summed E-state index contributed by atoms with van der Waals surface area (Å²) >= 11 is 3.35. The van der Waals surface area contributed by atoms with Gasteiger partial charge >= 0.3 is 0 Å². The number of nitrogens with zero attached hydrogens (tertiary/aromatic N) is 1. The van der Waals surface area contributed by atoms with Gasteiger partial charge in [0.1, 0.15) is 0 Å². The van der Waals surface area contributed by atoms with Crippen molar-refractivity contribution in [3.63, 3.8) is 0 Å². The Morgan fingerprint density at radius 2 is 1.75 bits per heavy atom. The zero-order valence-electron chi connectivity index (χ0n) is 13.3. The Morgan fingerprint density at radius 1 is 1.12 bits per heavy atom. The molecule has 1 N–H and O–H groups in total. The summed E-state index contributed by atoms with van der Waals surface area (Å²) in [5, 5.41) is 2.75. The first-order chi connectivity index (χ1) is 11.4. The third-order valence-electron chi connectivity index (χ3n) is 3.31. The summed E-state index contributed by atoms with van der Waals surface area (Å²) in [6, 6.07) is 13.8. The van der Waals surface area contributed by atoms with Crippen LogP contribution < -0.4 is 5.32 Å². The van der Waals surface area contributed by atoms with E-state index >= 15 is 0 Å². The molecule has 0 radical (unpaired) electrons. The first kappa shape index (κ1) is 18.4. The molecule has 0 bridgehead atoms. The fraction of sp³-hybridized carbons (Fsp3) is 0.176. The Kier molecular flexibility index (Phi) is 6.28. The molecule has 2 aromatic rings. The highest BCUT2D eigenvalue weighted by Gasteiger charge is 2.15. The van der Waals surface area contributed by atoms with Crippen LogP contribution in [0.1, 0.15) is 10.4 Å². The normalized spacial score (nSPS) is 11.6. The monoisotopic (exact) mass is 408 g/mol. The zero-order chi connectivity index (χ0) is 17.7. The predicted octanol–water partition coefficient (Wildman–Crippen LogP) is 2.90. The lowest BCUT2D eigenvalue weighted by Crippen LogP contribution is -2.35. The maximum Gasteiger partial charge on any atom is 0.254 e. The summed E-state index contributed by atoms with van der Waals surface area (Å²) in [5.74, 6) is -0.560. The topological polar surface area (TPSA) is 66.5 Å². The molecule has 2 amide bonds. The number of anilines is 1. The van der Waals surface area contributed by atoms with E-state index in [0.717, 1.165) is 4.47 Å². The second-order valence-electron chi connectivity index (χ2n) is 5.17. The van der Waals surface area contributed by atoms with E-state index in [2.05, 4.69) is 21.2 Å². The van der Waals surface area contributed by atoms with Crippen LogP contribution >= 0.6 is 15.9 Å². The number of hydrogen-bond donors (Lipinski definition) is 1. The SMILES string of the molecule is CN(CC(=O)Nc1ccccc1Br)C(=O)c1ccc(S(C)=O)cc1. The van der Waals surface area contributed by atoms with Crippen LogP contribution in [0.2, 0.25) is 0 Å². The minimum atomic E-state index is -1.09. The van der Waals surface area contributed by atoms with Crippen LogP contribution in [0.25, 0.3) is 0 Å². The fourth-order valence-electron chi connectivity index (χ4n) is 2.05. The van der Waals surface area contributed by atoms with Gasteiger partial charge in [0.2, 0.25) is 5.91 Å². The van der Waals surface area contributed by atoms with Gasteiger partial charge in [-0.2, -0.15) is 0 Å². The highest BCUT2D eigenvalue weighted by molar-refractivity contribution is 9.10. The third-order valence-corrected chi connectivity index (χ3v) is 4.94. The van der Waals surface area contributed by atoms with Gasteiger partial charge in [-0.1, -0.05) is 12.1 Å². The van der Waals surface area contributed by atoms with Crippen molar-refractivity contribution >= 4 is 44.2 Å². The first-order valence-corrected chi connectivity index (χ1v) is 9.47. The second-order valence-corrected chi connectivity index (χ2v) is 7.40. The molecule has 0 aliphatic heterocycles. The standard InChI is InChI=1S/C17H17BrN2O3S/c1-20(11-16(21)19-15-6-4-3-5-14(15)18)17(22)12-7-9-13(10-8-12)24(2)23/h3-10H,11H2,1-2H3,(H,19,21). The molecular formula is C17H17BrN2O3S. The lowest BCUT2D eigenvalue weighted by atomic mass is 10.2. The summed E-state index contributed by atoms with van der Waals surface area (Å²) in [6.07, 6.45) is 1.58. The predicted molar refractivity (Wildman–Crippen MR) is 98.5 cm³/mol. The molecule has 126 valence electrons. The molecule has 0 aliphatic carbocycles. The molecule has 0 aliphatic rings. The second kappa shape index (κ2) is 8.21. The Bertz CT molecular complexity index is 778. The van der Waals surface area contributed by atoms with Crippen molar-refractivity contribution in [1.29, 1.82) is 0 Å². The quantitative estimate of drug-likeness (QED) is 0.826. The number of nitrogens with one attached hydrogen (secondary N) is 1. The number of rotatable bonds is 5. The van der Waals surface area contributed by atoms with Crippen LogP contribution in [0.15, 0.2) is 57.9 Å². The van der Waals surface area contributed by atoms with Crippen LogP contribution in [0.4, 0.5) is 5.69 Å². The van der Waals surface area contributed by atoms with Crippen LogP contribution in [0.3, 0.4) is 0 Å². The minimum Gasteiger partial charge on any atom is -0.332 e. The molecule has 2 aromatic carbocycles. The van der Waals surface area contributed by atoms with Crippen molar-refractivity contribution in [3.8, 4) is 0 Å². The molecule has 0 heterocycles. The van der Waals surface area contributed by atoms with Gasteiger partial charge in [0.25, 0.3) is 5.91 Å². The van der Waals surface area contributed by atoms with Gasteiger partial charge in [0, 0.05) is 39.0 Å². The number of amides is 2. The van der Waals surface area contributed by atoms with E-state index in [4.69, 9.17) is 0 Å². The van der Waals surface area contributed by atoms with E-state index in [9.17, 15) is 13.8 Å². The summed E-state index contributed by atoms with van der Waals surface area (Å²) in [6.45, 7) is -0.0678. The molecule has 5 nitrogen and oxygen atoms in total. The van der Waals surface area contributed by atoms with Gasteiger partial charge in [0.15, 0.2) is 0 Å². The average molecular weight is 409 g/mol. The van der Waals surface area contributed by atoms with E-state index in [1.54, 1.807) is 43.6 Å². The minimum absolute atomic E-state index is 0.0678. The summed E-state index contributed by atoms with van der Waals surface area (Å²) in [4.78, 5) is 26.4. The number of carbonyl (C=O) groups excluding carboxylic acids is 2. The number of hydrogen-bond acceptors (Lipinski definition) is 3. The molecule has 0 saturated carbocycles. The fourth-order valence-corrected chi connectivity index (χ4v) is 2.95. The Hall–Kier alpha value is -1.99. The van der Waals surface area contributed by atoms with E-state index in [1.165, 1.54) is 4.90 Å². The van der Waals surface area contributed by atoms with Crippen LogP contribution in [0.5, 0.6) is 0 Å². The third kappa shape index (κ3) is 4.75. The zero-order valence-corrected chi connectivity index (χ0v) is 15.7. The smallest absolute Gasteiger partial charge is 0.254 e. The molecule has 24 heavy (non-hydrogen) atoms. The molecular weight excluding hydrogens is 392 g/mol. The summed E-state index contributed by atoms with van der Waals surface area (Å²) in [5.41, 5.74) is 1.10. The van der Waals surface area contributed by atoms with Gasteiger partial charge < -0.3 is 10.2 Å². The van der Waals surface area contributed by atoms with Crippen molar-refractivity contribution in [3.05, 3.63) is 58.6 Å². The molecule has 0 fully saturated rings.